The third-order valence-corrected chi connectivity index (χ3v) is 6.61. The number of hydrogen-bond donors (Lipinski definition) is 0. The molecule has 6 rings (SSSR count). The van der Waals surface area contributed by atoms with Crippen molar-refractivity contribution >= 4 is 0 Å². The summed E-state index contributed by atoms with van der Waals surface area (Å²) in [5.41, 5.74) is -3.97. The van der Waals surface area contributed by atoms with Gasteiger partial charge in [-0.05, 0) is 37.0 Å². The van der Waals surface area contributed by atoms with E-state index in [1.54, 1.807) is 0 Å². The highest BCUT2D eigenvalue weighted by molar-refractivity contribution is 5.43. The fourth-order valence-electron chi connectivity index (χ4n) is 5.06. The Bertz CT molecular complexity index is 1020. The molecule has 0 spiro atoms. The molecule has 4 fully saturated rings. The lowest BCUT2D eigenvalue weighted by atomic mass is 9.31. The van der Waals surface area contributed by atoms with Gasteiger partial charge in [-0.25, -0.2) is 27.5 Å². The van der Waals surface area contributed by atoms with Gasteiger partial charge in [0.1, 0.15) is 11.6 Å². The van der Waals surface area contributed by atoms with Crippen LogP contribution in [0.3, 0.4) is 0 Å². The van der Waals surface area contributed by atoms with Crippen LogP contribution < -0.4 is 4.74 Å². The van der Waals surface area contributed by atoms with E-state index in [0.29, 0.717) is 11.6 Å². The molecular formula is C20H15F7N2O2. The van der Waals surface area contributed by atoms with Crippen molar-refractivity contribution < 1.29 is 40.2 Å². The minimum atomic E-state index is -4.53. The van der Waals surface area contributed by atoms with Gasteiger partial charge in [-0.3, -0.25) is 0 Å². The first-order chi connectivity index (χ1) is 14.4. The molecule has 1 aromatic carbocycles. The van der Waals surface area contributed by atoms with E-state index in [4.69, 9.17) is 4.74 Å². The number of rotatable bonds is 6. The Kier molecular flexibility index (Phi) is 4.02. The van der Waals surface area contributed by atoms with Gasteiger partial charge in [-0.1, -0.05) is 0 Å². The second-order valence-electron chi connectivity index (χ2n) is 8.56. The second kappa shape index (κ2) is 6.08. The highest BCUT2D eigenvalue weighted by Crippen LogP contribution is 2.81. The normalized spacial score (nSPS) is 31.6. The van der Waals surface area contributed by atoms with Crippen molar-refractivity contribution in [2.75, 3.05) is 13.2 Å². The molecule has 2 heterocycles. The Labute approximate surface area is 171 Å². The summed E-state index contributed by atoms with van der Waals surface area (Å²) >= 11 is 0. The molecule has 1 atom stereocenters. The molecule has 1 aromatic heterocycles. The SMILES string of the molecule is Fc1ccc(C2(C(F)(F)C34CC(c5cnc(OCC(F)(F)F)nc5)(C3)C4)CO2)c(F)c1. The van der Waals surface area contributed by atoms with E-state index in [1.165, 1.54) is 12.4 Å². The number of aromatic nitrogens is 2. The van der Waals surface area contributed by atoms with Crippen LogP contribution in [-0.4, -0.2) is 35.3 Å². The second-order valence-corrected chi connectivity index (χ2v) is 8.56. The van der Waals surface area contributed by atoms with Crippen LogP contribution in [0.2, 0.25) is 0 Å². The van der Waals surface area contributed by atoms with Crippen LogP contribution >= 0.6 is 0 Å². The summed E-state index contributed by atoms with van der Waals surface area (Å²) in [7, 11) is 0. The highest BCUT2D eigenvalue weighted by atomic mass is 19.4. The molecule has 0 amide bonds. The van der Waals surface area contributed by atoms with E-state index in [9.17, 15) is 22.0 Å². The third kappa shape index (κ3) is 2.85. The van der Waals surface area contributed by atoms with Crippen molar-refractivity contribution in [2.45, 2.75) is 42.4 Å². The maximum Gasteiger partial charge on any atom is 0.422 e. The first-order valence-corrected chi connectivity index (χ1v) is 9.42. The number of hydrogen-bond acceptors (Lipinski definition) is 4. The quantitative estimate of drug-likeness (QED) is 0.476. The van der Waals surface area contributed by atoms with Crippen molar-refractivity contribution in [1.82, 2.24) is 9.97 Å². The topological polar surface area (TPSA) is 47.5 Å². The van der Waals surface area contributed by atoms with E-state index in [-0.39, 0.29) is 31.4 Å². The molecule has 4 nitrogen and oxygen atoms in total. The average Bonchev–Trinajstić information content (AvgIpc) is 3.40. The molecule has 166 valence electrons. The van der Waals surface area contributed by atoms with Crippen molar-refractivity contribution in [3.63, 3.8) is 0 Å². The van der Waals surface area contributed by atoms with E-state index >= 15 is 8.78 Å². The number of benzene rings is 1. The van der Waals surface area contributed by atoms with E-state index in [2.05, 4.69) is 14.7 Å². The van der Waals surface area contributed by atoms with Gasteiger partial charge in [0.15, 0.2) is 12.2 Å². The lowest BCUT2D eigenvalue weighted by molar-refractivity contribution is -0.306. The predicted molar refractivity (Wildman–Crippen MR) is 90.5 cm³/mol. The van der Waals surface area contributed by atoms with Crippen LogP contribution in [0.1, 0.15) is 30.4 Å². The van der Waals surface area contributed by atoms with Gasteiger partial charge in [0.2, 0.25) is 0 Å². The van der Waals surface area contributed by atoms with Gasteiger partial charge < -0.3 is 9.47 Å². The molecule has 31 heavy (non-hydrogen) atoms. The lowest BCUT2D eigenvalue weighted by Crippen LogP contribution is -2.74. The maximum atomic E-state index is 15.5. The summed E-state index contributed by atoms with van der Waals surface area (Å²) in [5.74, 6) is -5.34. The minimum absolute atomic E-state index is 0.0764. The number of halogens is 7. The number of alkyl halides is 5. The van der Waals surface area contributed by atoms with Crippen LogP contribution in [0.5, 0.6) is 6.01 Å². The maximum absolute atomic E-state index is 15.5. The fourth-order valence-corrected chi connectivity index (χ4v) is 5.06. The largest absolute Gasteiger partial charge is 0.454 e. The zero-order valence-corrected chi connectivity index (χ0v) is 15.8. The molecule has 4 aliphatic rings. The van der Waals surface area contributed by atoms with Crippen molar-refractivity contribution in [2.24, 2.45) is 5.41 Å². The highest BCUT2D eigenvalue weighted by Gasteiger charge is 2.85. The fraction of sp³-hybridized carbons (Fsp3) is 0.500. The van der Waals surface area contributed by atoms with E-state index < -0.39 is 52.8 Å². The van der Waals surface area contributed by atoms with Crippen molar-refractivity contribution in [1.29, 1.82) is 0 Å². The van der Waals surface area contributed by atoms with Gasteiger partial charge in [0, 0.05) is 34.9 Å². The summed E-state index contributed by atoms with van der Waals surface area (Å²) in [4.78, 5) is 7.47. The third-order valence-electron chi connectivity index (χ3n) is 6.61. The Morgan fingerprint density at radius 2 is 1.61 bits per heavy atom. The number of ether oxygens (including phenoxy) is 2. The van der Waals surface area contributed by atoms with Crippen LogP contribution in [0.4, 0.5) is 30.7 Å². The Morgan fingerprint density at radius 1 is 1.00 bits per heavy atom. The summed E-state index contributed by atoms with van der Waals surface area (Å²) in [5, 5.41) is 0. The summed E-state index contributed by atoms with van der Waals surface area (Å²) in [6.45, 7) is -1.90. The summed E-state index contributed by atoms with van der Waals surface area (Å²) < 4.78 is 105. The molecule has 2 aromatic rings. The lowest BCUT2D eigenvalue weighted by Gasteiger charge is -2.73. The molecule has 0 N–H and O–H groups in total. The molecule has 1 unspecified atom stereocenters. The van der Waals surface area contributed by atoms with Gasteiger partial charge >= 0.3 is 12.2 Å². The van der Waals surface area contributed by atoms with Crippen LogP contribution in [0.15, 0.2) is 30.6 Å². The predicted octanol–water partition coefficient (Wildman–Crippen LogP) is 4.68. The molecule has 1 aliphatic heterocycles. The van der Waals surface area contributed by atoms with E-state index in [1.807, 2.05) is 0 Å². The minimum Gasteiger partial charge on any atom is -0.454 e. The number of epoxide rings is 1. The Morgan fingerprint density at radius 3 is 2.13 bits per heavy atom. The molecule has 3 saturated carbocycles. The Hall–Kier alpha value is -2.43. The first kappa shape index (κ1) is 20.5. The zero-order valence-electron chi connectivity index (χ0n) is 15.8. The van der Waals surface area contributed by atoms with Gasteiger partial charge in [0.05, 0.1) is 6.61 Å². The summed E-state index contributed by atoms with van der Waals surface area (Å²) in [6.07, 6.45) is -1.74. The van der Waals surface area contributed by atoms with Crippen molar-refractivity contribution in [3.8, 4) is 6.01 Å². The summed E-state index contributed by atoms with van der Waals surface area (Å²) in [6, 6.07) is 2.00. The van der Waals surface area contributed by atoms with Crippen LogP contribution in [-0.2, 0) is 15.8 Å². The first-order valence-electron chi connectivity index (χ1n) is 9.42. The molecule has 11 heteroatoms. The number of nitrogens with zero attached hydrogens (tertiary/aromatic N) is 2. The smallest absolute Gasteiger partial charge is 0.422 e. The molecule has 0 radical (unpaired) electrons. The monoisotopic (exact) mass is 448 g/mol. The van der Waals surface area contributed by atoms with E-state index in [0.717, 1.165) is 12.1 Å². The van der Waals surface area contributed by atoms with Gasteiger partial charge in [-0.15, -0.1) is 0 Å². The van der Waals surface area contributed by atoms with Gasteiger partial charge in [0.25, 0.3) is 5.92 Å². The molecular weight excluding hydrogens is 433 g/mol. The Balaban J connectivity index is 1.31. The molecule has 2 bridgehead atoms. The average molecular weight is 448 g/mol. The van der Waals surface area contributed by atoms with Crippen molar-refractivity contribution in [3.05, 3.63) is 53.4 Å². The molecule has 3 aliphatic carbocycles. The molecule has 1 saturated heterocycles. The van der Waals surface area contributed by atoms with Gasteiger partial charge in [-0.2, -0.15) is 13.2 Å². The van der Waals surface area contributed by atoms with Crippen LogP contribution in [0.25, 0.3) is 0 Å². The standard InChI is InChI=1S/C20H15F7N2O2/c21-12-1-2-13(14(22)3-12)18(9-31-18)20(26,27)17-6-16(7-17,8-17)11-4-28-15(29-5-11)30-10-19(23,24)25/h1-5H,6-10H2. The zero-order chi connectivity index (χ0) is 22.3. The van der Waals surface area contributed by atoms with Crippen LogP contribution in [0, 0.1) is 17.0 Å².